The first-order valence-corrected chi connectivity index (χ1v) is 5.21. The predicted octanol–water partition coefficient (Wildman–Crippen LogP) is 3.29. The summed E-state index contributed by atoms with van der Waals surface area (Å²) in [6, 6.07) is 7.01. The fourth-order valence-electron chi connectivity index (χ4n) is 1.39. The molecule has 0 saturated heterocycles. The Kier molecular flexibility index (Phi) is 2.61. The highest BCUT2D eigenvalue weighted by molar-refractivity contribution is 9.10. The minimum atomic E-state index is -0.870. The van der Waals surface area contributed by atoms with E-state index in [4.69, 9.17) is 4.74 Å². The van der Waals surface area contributed by atoms with Gasteiger partial charge in [-0.05, 0) is 24.6 Å². The number of hydrogen-bond acceptors (Lipinski definition) is 2. The molecule has 1 heterocycles. The summed E-state index contributed by atoms with van der Waals surface area (Å²) in [5.74, 6) is -1.08. The molecular formula is C11H8BrFO2. The summed E-state index contributed by atoms with van der Waals surface area (Å²) < 4.78 is 19.3. The van der Waals surface area contributed by atoms with Gasteiger partial charge in [-0.25, -0.2) is 9.18 Å². The lowest BCUT2D eigenvalue weighted by atomic mass is 10.1. The zero-order valence-electron chi connectivity index (χ0n) is 7.96. The second-order valence-corrected chi connectivity index (χ2v) is 4.23. The lowest BCUT2D eigenvalue weighted by Gasteiger charge is -2.09. The third-order valence-electron chi connectivity index (χ3n) is 2.29. The Morgan fingerprint density at radius 3 is 2.40 bits per heavy atom. The number of ether oxygens (including phenoxy) is 1. The average molecular weight is 271 g/mol. The first-order valence-electron chi connectivity index (χ1n) is 4.42. The molecule has 0 fully saturated rings. The Morgan fingerprint density at radius 2 is 1.93 bits per heavy atom. The van der Waals surface area contributed by atoms with Gasteiger partial charge in [0.15, 0.2) is 11.9 Å². The molecule has 4 heteroatoms. The average Bonchev–Trinajstić information content (AvgIpc) is 2.47. The van der Waals surface area contributed by atoms with E-state index in [0.717, 1.165) is 4.47 Å². The van der Waals surface area contributed by atoms with Gasteiger partial charge in [0.25, 0.3) is 0 Å². The molecular weight excluding hydrogens is 263 g/mol. The van der Waals surface area contributed by atoms with Crippen LogP contribution in [-0.2, 0) is 9.53 Å². The third-order valence-corrected chi connectivity index (χ3v) is 2.82. The van der Waals surface area contributed by atoms with Gasteiger partial charge in [0.05, 0.1) is 5.57 Å². The van der Waals surface area contributed by atoms with Crippen molar-refractivity contribution in [2.24, 2.45) is 0 Å². The Labute approximate surface area is 94.9 Å². The van der Waals surface area contributed by atoms with Crippen molar-refractivity contribution in [3.05, 3.63) is 45.7 Å². The third kappa shape index (κ3) is 1.81. The number of carbonyl (C=O) groups excluding carboxylic acids is 1. The van der Waals surface area contributed by atoms with Gasteiger partial charge in [0.2, 0.25) is 0 Å². The molecule has 1 aliphatic heterocycles. The maximum Gasteiger partial charge on any atom is 0.337 e. The van der Waals surface area contributed by atoms with Crippen molar-refractivity contribution in [1.82, 2.24) is 0 Å². The van der Waals surface area contributed by atoms with Crippen molar-refractivity contribution in [3.63, 3.8) is 0 Å². The lowest BCUT2D eigenvalue weighted by Crippen LogP contribution is -2.01. The van der Waals surface area contributed by atoms with Crippen LogP contribution in [0.4, 0.5) is 4.39 Å². The Balaban J connectivity index is 2.35. The van der Waals surface area contributed by atoms with Crippen molar-refractivity contribution in [2.45, 2.75) is 13.0 Å². The second kappa shape index (κ2) is 3.77. The van der Waals surface area contributed by atoms with Crippen LogP contribution in [0.5, 0.6) is 0 Å². The van der Waals surface area contributed by atoms with Crippen LogP contribution in [0.3, 0.4) is 0 Å². The van der Waals surface area contributed by atoms with Crippen LogP contribution in [0.2, 0.25) is 0 Å². The summed E-state index contributed by atoms with van der Waals surface area (Å²) in [5, 5.41) is 0. The van der Waals surface area contributed by atoms with E-state index in [-0.39, 0.29) is 5.57 Å². The van der Waals surface area contributed by atoms with E-state index in [1.165, 1.54) is 6.92 Å². The highest BCUT2D eigenvalue weighted by Crippen LogP contribution is 2.35. The van der Waals surface area contributed by atoms with E-state index < -0.39 is 17.9 Å². The lowest BCUT2D eigenvalue weighted by molar-refractivity contribution is -0.140. The molecule has 15 heavy (non-hydrogen) atoms. The number of cyclic esters (lactones) is 1. The van der Waals surface area contributed by atoms with E-state index >= 15 is 0 Å². The van der Waals surface area contributed by atoms with Gasteiger partial charge in [-0.1, -0.05) is 28.1 Å². The van der Waals surface area contributed by atoms with E-state index in [9.17, 15) is 9.18 Å². The minimum absolute atomic E-state index is 0.0583. The molecule has 1 aromatic rings. The molecule has 0 spiro atoms. The molecule has 78 valence electrons. The summed E-state index contributed by atoms with van der Waals surface area (Å²) in [7, 11) is 0. The van der Waals surface area contributed by atoms with Crippen LogP contribution >= 0.6 is 15.9 Å². The van der Waals surface area contributed by atoms with E-state index in [2.05, 4.69) is 15.9 Å². The number of hydrogen-bond donors (Lipinski definition) is 0. The molecule has 1 unspecified atom stereocenters. The van der Waals surface area contributed by atoms with Gasteiger partial charge < -0.3 is 4.74 Å². The molecule has 0 bridgehead atoms. The van der Waals surface area contributed by atoms with Crippen molar-refractivity contribution >= 4 is 21.9 Å². The van der Waals surface area contributed by atoms with E-state index in [0.29, 0.717) is 5.56 Å². The summed E-state index contributed by atoms with van der Waals surface area (Å²) in [6.45, 7) is 1.43. The van der Waals surface area contributed by atoms with Crippen LogP contribution in [0.1, 0.15) is 18.6 Å². The molecule has 1 aromatic carbocycles. The molecule has 2 nitrogen and oxygen atoms in total. The molecule has 0 aromatic heterocycles. The van der Waals surface area contributed by atoms with E-state index in [1.54, 1.807) is 24.3 Å². The van der Waals surface area contributed by atoms with Crippen molar-refractivity contribution in [2.75, 3.05) is 0 Å². The predicted molar refractivity (Wildman–Crippen MR) is 56.8 cm³/mol. The Morgan fingerprint density at radius 1 is 1.33 bits per heavy atom. The van der Waals surface area contributed by atoms with Gasteiger partial charge >= 0.3 is 5.97 Å². The minimum Gasteiger partial charge on any atom is -0.447 e. The highest BCUT2D eigenvalue weighted by Gasteiger charge is 2.32. The maximum atomic E-state index is 13.5. The summed E-state index contributed by atoms with van der Waals surface area (Å²) in [6.07, 6.45) is -0.870. The maximum absolute atomic E-state index is 13.5. The van der Waals surface area contributed by atoms with Crippen LogP contribution in [0, 0.1) is 0 Å². The van der Waals surface area contributed by atoms with Gasteiger partial charge in [0.1, 0.15) is 0 Å². The molecule has 0 N–H and O–H groups in total. The fourth-order valence-corrected chi connectivity index (χ4v) is 1.66. The number of halogens is 2. The van der Waals surface area contributed by atoms with Crippen LogP contribution in [0.25, 0.3) is 0 Å². The fraction of sp³-hybridized carbons (Fsp3) is 0.182. The van der Waals surface area contributed by atoms with Crippen molar-refractivity contribution in [3.8, 4) is 0 Å². The van der Waals surface area contributed by atoms with Gasteiger partial charge in [0, 0.05) is 4.47 Å². The summed E-state index contributed by atoms with van der Waals surface area (Å²) in [5.41, 5.74) is 0.698. The monoisotopic (exact) mass is 270 g/mol. The van der Waals surface area contributed by atoms with Gasteiger partial charge in [-0.2, -0.15) is 0 Å². The van der Waals surface area contributed by atoms with Crippen LogP contribution in [-0.4, -0.2) is 5.97 Å². The summed E-state index contributed by atoms with van der Waals surface area (Å²) in [4.78, 5) is 11.1. The molecule has 1 aliphatic rings. The first kappa shape index (κ1) is 10.4. The van der Waals surface area contributed by atoms with E-state index in [1.807, 2.05) is 0 Å². The number of benzene rings is 1. The van der Waals surface area contributed by atoms with Crippen LogP contribution in [0.15, 0.2) is 40.1 Å². The SMILES string of the molecule is CC1=C(F)C(c2ccc(Br)cc2)OC1=O. The standard InChI is InChI=1S/C11H8BrFO2/c1-6-9(13)10(15-11(6)14)7-2-4-8(12)5-3-7/h2-5,10H,1H3. The zero-order valence-corrected chi connectivity index (χ0v) is 9.55. The Hall–Kier alpha value is -1.16. The molecule has 2 rings (SSSR count). The number of esters is 1. The molecule has 0 amide bonds. The smallest absolute Gasteiger partial charge is 0.337 e. The highest BCUT2D eigenvalue weighted by atomic mass is 79.9. The summed E-state index contributed by atoms with van der Waals surface area (Å²) >= 11 is 3.28. The Bertz CT molecular complexity index is 436. The number of carbonyl (C=O) groups is 1. The van der Waals surface area contributed by atoms with Gasteiger partial charge in [-0.3, -0.25) is 0 Å². The second-order valence-electron chi connectivity index (χ2n) is 3.31. The molecule has 0 radical (unpaired) electrons. The molecule has 0 aliphatic carbocycles. The largest absolute Gasteiger partial charge is 0.447 e. The first-order chi connectivity index (χ1) is 7.09. The van der Waals surface area contributed by atoms with Crippen LogP contribution < -0.4 is 0 Å². The van der Waals surface area contributed by atoms with Crippen molar-refractivity contribution < 1.29 is 13.9 Å². The molecule has 0 saturated carbocycles. The normalized spacial score (nSPS) is 20.7. The zero-order chi connectivity index (χ0) is 11.0. The quantitative estimate of drug-likeness (QED) is 0.732. The van der Waals surface area contributed by atoms with Crippen molar-refractivity contribution in [1.29, 1.82) is 0 Å². The molecule has 1 atom stereocenters. The topological polar surface area (TPSA) is 26.3 Å². The van der Waals surface area contributed by atoms with Gasteiger partial charge in [-0.15, -0.1) is 0 Å². The number of rotatable bonds is 1.